The zero-order valence-corrected chi connectivity index (χ0v) is 9.66. The van der Waals surface area contributed by atoms with Crippen molar-refractivity contribution >= 4 is 15.9 Å². The van der Waals surface area contributed by atoms with E-state index in [4.69, 9.17) is 5.11 Å². The van der Waals surface area contributed by atoms with Crippen molar-refractivity contribution in [3.63, 3.8) is 0 Å². The van der Waals surface area contributed by atoms with Gasteiger partial charge in [-0.3, -0.25) is 0 Å². The lowest BCUT2D eigenvalue weighted by molar-refractivity contribution is 0.0704. The number of aliphatic hydroxyl groups excluding tert-OH is 2. The van der Waals surface area contributed by atoms with E-state index in [1.54, 1.807) is 0 Å². The van der Waals surface area contributed by atoms with Gasteiger partial charge >= 0.3 is 0 Å². The standard InChI is InChI=1S/C9H17BrFNO2/c10-8(6-13)9(14)5-12-3-1-7(11)2-4-12/h7-9,13-14H,1-6H2. The van der Waals surface area contributed by atoms with Crippen LogP contribution in [-0.2, 0) is 0 Å². The van der Waals surface area contributed by atoms with Crippen molar-refractivity contribution < 1.29 is 14.6 Å². The monoisotopic (exact) mass is 269 g/mol. The molecule has 2 unspecified atom stereocenters. The third kappa shape index (κ3) is 3.81. The summed E-state index contributed by atoms with van der Waals surface area (Å²) in [5.41, 5.74) is 0. The van der Waals surface area contributed by atoms with Crippen LogP contribution in [0.1, 0.15) is 12.8 Å². The highest BCUT2D eigenvalue weighted by molar-refractivity contribution is 9.09. The number of β-amino-alcohol motifs (C(OH)–C–C–N with tert-alkyl or cyclic N) is 1. The van der Waals surface area contributed by atoms with Crippen LogP contribution in [-0.4, -0.2) is 58.5 Å². The molecule has 2 atom stereocenters. The zero-order valence-electron chi connectivity index (χ0n) is 8.07. The fraction of sp³-hybridized carbons (Fsp3) is 1.00. The van der Waals surface area contributed by atoms with Crippen LogP contribution in [0, 0.1) is 0 Å². The first-order valence-corrected chi connectivity index (χ1v) is 5.84. The van der Waals surface area contributed by atoms with Crippen molar-refractivity contribution in [2.24, 2.45) is 0 Å². The summed E-state index contributed by atoms with van der Waals surface area (Å²) in [6.07, 6.45) is -0.158. The number of likely N-dealkylation sites (tertiary alicyclic amines) is 1. The summed E-state index contributed by atoms with van der Waals surface area (Å²) in [5.74, 6) is 0. The Morgan fingerprint density at radius 1 is 1.43 bits per heavy atom. The summed E-state index contributed by atoms with van der Waals surface area (Å²) in [6.45, 7) is 1.82. The van der Waals surface area contributed by atoms with Gasteiger partial charge in [0.1, 0.15) is 6.17 Å². The van der Waals surface area contributed by atoms with Gasteiger partial charge in [-0.2, -0.15) is 0 Å². The maximum Gasteiger partial charge on any atom is 0.103 e. The lowest BCUT2D eigenvalue weighted by Gasteiger charge is -2.31. The first kappa shape index (κ1) is 12.4. The molecule has 14 heavy (non-hydrogen) atoms. The molecule has 84 valence electrons. The second-order valence-corrected chi connectivity index (χ2v) is 4.92. The maximum absolute atomic E-state index is 12.8. The normalized spacial score (nSPS) is 24.9. The van der Waals surface area contributed by atoms with Crippen LogP contribution in [0.5, 0.6) is 0 Å². The van der Waals surface area contributed by atoms with Crippen molar-refractivity contribution in [1.29, 1.82) is 0 Å². The van der Waals surface area contributed by atoms with Crippen molar-refractivity contribution in [3.05, 3.63) is 0 Å². The Bertz CT molecular complexity index is 165. The zero-order chi connectivity index (χ0) is 10.6. The van der Waals surface area contributed by atoms with E-state index in [2.05, 4.69) is 15.9 Å². The molecule has 2 N–H and O–H groups in total. The van der Waals surface area contributed by atoms with E-state index >= 15 is 0 Å². The maximum atomic E-state index is 12.8. The van der Waals surface area contributed by atoms with Crippen LogP contribution in [0.2, 0.25) is 0 Å². The Labute approximate surface area is 92.0 Å². The number of aliphatic hydroxyl groups is 2. The molecule has 1 rings (SSSR count). The topological polar surface area (TPSA) is 43.7 Å². The molecule has 3 nitrogen and oxygen atoms in total. The number of rotatable bonds is 4. The average molecular weight is 270 g/mol. The summed E-state index contributed by atoms with van der Waals surface area (Å²) in [5, 5.41) is 18.4. The molecule has 0 amide bonds. The Morgan fingerprint density at radius 3 is 2.50 bits per heavy atom. The van der Waals surface area contributed by atoms with Crippen molar-refractivity contribution in [2.45, 2.75) is 29.9 Å². The van der Waals surface area contributed by atoms with E-state index in [1.807, 2.05) is 4.90 Å². The van der Waals surface area contributed by atoms with E-state index in [0.717, 1.165) is 0 Å². The lowest BCUT2D eigenvalue weighted by Crippen LogP contribution is -2.42. The van der Waals surface area contributed by atoms with Gasteiger partial charge in [-0.05, 0) is 12.8 Å². The lowest BCUT2D eigenvalue weighted by atomic mass is 10.1. The van der Waals surface area contributed by atoms with Gasteiger partial charge in [-0.1, -0.05) is 15.9 Å². The molecule has 5 heteroatoms. The van der Waals surface area contributed by atoms with Crippen molar-refractivity contribution in [1.82, 2.24) is 4.90 Å². The highest BCUT2D eigenvalue weighted by atomic mass is 79.9. The molecule has 0 aliphatic carbocycles. The number of nitrogens with zero attached hydrogens (tertiary/aromatic N) is 1. The molecule has 1 aliphatic rings. The molecule has 0 aromatic heterocycles. The minimum atomic E-state index is -0.680. The van der Waals surface area contributed by atoms with Gasteiger partial charge in [-0.15, -0.1) is 0 Å². The molecule has 1 aliphatic heterocycles. The molecule has 0 spiro atoms. The molecule has 0 bridgehead atoms. The molecule has 0 aromatic carbocycles. The molecule has 1 heterocycles. The minimum absolute atomic E-state index is 0.0826. The summed E-state index contributed by atoms with van der Waals surface area (Å²) < 4.78 is 12.8. The van der Waals surface area contributed by atoms with Gasteiger partial charge in [-0.25, -0.2) is 4.39 Å². The molecule has 0 aromatic rings. The Balaban J connectivity index is 2.23. The molecule has 0 radical (unpaired) electrons. The van der Waals surface area contributed by atoms with Gasteiger partial charge in [0.15, 0.2) is 0 Å². The van der Waals surface area contributed by atoms with Gasteiger partial charge in [0.05, 0.1) is 17.5 Å². The van der Waals surface area contributed by atoms with Gasteiger partial charge in [0, 0.05) is 19.6 Å². The Hall–Kier alpha value is 0.290. The number of piperidine rings is 1. The first-order chi connectivity index (χ1) is 6.63. The quantitative estimate of drug-likeness (QED) is 0.733. The van der Waals surface area contributed by atoms with E-state index in [-0.39, 0.29) is 11.4 Å². The van der Waals surface area contributed by atoms with Gasteiger partial charge in [0.2, 0.25) is 0 Å². The highest BCUT2D eigenvalue weighted by Crippen LogP contribution is 2.15. The summed E-state index contributed by atoms with van der Waals surface area (Å²) >= 11 is 3.18. The largest absolute Gasteiger partial charge is 0.395 e. The fourth-order valence-corrected chi connectivity index (χ4v) is 1.75. The second kappa shape index (κ2) is 6.00. The van der Waals surface area contributed by atoms with Gasteiger partial charge < -0.3 is 15.1 Å². The van der Waals surface area contributed by atoms with E-state index in [0.29, 0.717) is 32.5 Å². The van der Waals surface area contributed by atoms with E-state index < -0.39 is 12.3 Å². The predicted octanol–water partition coefficient (Wildman–Crippen LogP) is 0.537. The number of alkyl halides is 2. The summed E-state index contributed by atoms with van der Waals surface area (Å²) in [6, 6.07) is 0. The van der Waals surface area contributed by atoms with E-state index in [1.165, 1.54) is 0 Å². The highest BCUT2D eigenvalue weighted by Gasteiger charge is 2.23. The van der Waals surface area contributed by atoms with E-state index in [9.17, 15) is 9.50 Å². The predicted molar refractivity (Wildman–Crippen MR) is 56.4 cm³/mol. The van der Waals surface area contributed by atoms with Crippen LogP contribution < -0.4 is 0 Å². The second-order valence-electron chi connectivity index (χ2n) is 3.74. The molecular weight excluding hydrogens is 253 g/mol. The Kier molecular flexibility index (Phi) is 5.30. The third-order valence-corrected chi connectivity index (χ3v) is 3.45. The van der Waals surface area contributed by atoms with Crippen molar-refractivity contribution in [3.8, 4) is 0 Å². The SMILES string of the molecule is OCC(Br)C(O)CN1CCC(F)CC1. The number of hydrogen-bond donors (Lipinski definition) is 2. The van der Waals surface area contributed by atoms with Crippen LogP contribution in [0.15, 0.2) is 0 Å². The summed E-state index contributed by atoms with van der Waals surface area (Å²) in [7, 11) is 0. The first-order valence-electron chi connectivity index (χ1n) is 4.93. The summed E-state index contributed by atoms with van der Waals surface area (Å²) in [4.78, 5) is 1.75. The Morgan fingerprint density at radius 2 is 2.00 bits per heavy atom. The minimum Gasteiger partial charge on any atom is -0.395 e. The van der Waals surface area contributed by atoms with Crippen LogP contribution in [0.3, 0.4) is 0 Å². The average Bonchev–Trinajstić information content (AvgIpc) is 2.20. The molecule has 1 saturated heterocycles. The molecular formula is C9H17BrFNO2. The third-order valence-electron chi connectivity index (χ3n) is 2.55. The molecule has 0 saturated carbocycles. The number of halogens is 2. The van der Waals surface area contributed by atoms with Crippen LogP contribution in [0.4, 0.5) is 4.39 Å². The van der Waals surface area contributed by atoms with Gasteiger partial charge in [0.25, 0.3) is 0 Å². The molecule has 1 fully saturated rings. The van der Waals surface area contributed by atoms with Crippen LogP contribution >= 0.6 is 15.9 Å². The fourth-order valence-electron chi connectivity index (χ4n) is 1.58. The smallest absolute Gasteiger partial charge is 0.103 e. The number of hydrogen-bond acceptors (Lipinski definition) is 3. The van der Waals surface area contributed by atoms with Crippen molar-refractivity contribution in [2.75, 3.05) is 26.2 Å². The van der Waals surface area contributed by atoms with Crippen LogP contribution in [0.25, 0.3) is 0 Å².